The number of phenolic OH excluding ortho intramolecular Hbond substituents is 1. The number of likely N-dealkylation sites (tertiary alicyclic amines) is 1. The standard InChI is InChI=1S/C29H27N7O2/c37-21-10-12-23-25(16-21)36(27(33-23)24-11-9-18-4-1-2-6-22(18)32-24)26-13-14-30-29(34-26)31-20-5-3-15-35(17-20)28(38)19-7-8-19/h1-2,4,6,9-14,16,19-20,37H,3,5,7-8,15,17H2,(H,30,31,34). The number of aromatic nitrogens is 5. The van der Waals surface area contributed by atoms with Crippen molar-refractivity contribution in [3.05, 3.63) is 66.9 Å². The summed E-state index contributed by atoms with van der Waals surface area (Å²) in [6, 6.07) is 19.0. The SMILES string of the molecule is O=C(C1CC1)N1CCCC(Nc2nccc(-n3c(-c4ccc5ccccc5n4)nc4ccc(O)cc43)n2)C1. The highest BCUT2D eigenvalue weighted by Gasteiger charge is 2.35. The lowest BCUT2D eigenvalue weighted by atomic mass is 10.1. The Balaban J connectivity index is 1.26. The van der Waals surface area contributed by atoms with E-state index in [0.717, 1.165) is 54.2 Å². The Morgan fingerprint density at radius 2 is 1.84 bits per heavy atom. The third-order valence-corrected chi connectivity index (χ3v) is 7.33. The summed E-state index contributed by atoms with van der Waals surface area (Å²) in [5.41, 5.74) is 3.02. The van der Waals surface area contributed by atoms with Crippen LogP contribution in [0.4, 0.5) is 5.95 Å². The van der Waals surface area contributed by atoms with Crippen molar-refractivity contribution in [3.63, 3.8) is 0 Å². The van der Waals surface area contributed by atoms with Crippen molar-refractivity contribution in [2.75, 3.05) is 18.4 Å². The normalized spacial score (nSPS) is 17.7. The van der Waals surface area contributed by atoms with E-state index >= 15 is 0 Å². The van der Waals surface area contributed by atoms with Crippen LogP contribution >= 0.6 is 0 Å². The van der Waals surface area contributed by atoms with Gasteiger partial charge in [0.15, 0.2) is 5.82 Å². The Morgan fingerprint density at radius 1 is 0.947 bits per heavy atom. The van der Waals surface area contributed by atoms with Crippen molar-refractivity contribution in [1.29, 1.82) is 0 Å². The quantitative estimate of drug-likeness (QED) is 0.361. The van der Waals surface area contributed by atoms with Crippen LogP contribution < -0.4 is 5.32 Å². The molecule has 9 heteroatoms. The molecule has 1 aliphatic carbocycles. The number of benzene rings is 2. The largest absolute Gasteiger partial charge is 0.508 e. The van der Waals surface area contributed by atoms with Crippen LogP contribution in [0.25, 0.3) is 39.3 Å². The predicted molar refractivity (Wildman–Crippen MR) is 145 cm³/mol. The van der Waals surface area contributed by atoms with Gasteiger partial charge < -0.3 is 15.3 Å². The molecule has 1 aliphatic heterocycles. The topological polar surface area (TPSA) is 109 Å². The van der Waals surface area contributed by atoms with E-state index in [9.17, 15) is 9.90 Å². The average molecular weight is 506 g/mol. The number of nitrogens with one attached hydrogen (secondary N) is 1. The fourth-order valence-electron chi connectivity index (χ4n) is 5.27. The Bertz CT molecular complexity index is 1680. The van der Waals surface area contributed by atoms with Gasteiger partial charge in [0.05, 0.1) is 16.6 Å². The van der Waals surface area contributed by atoms with Gasteiger partial charge in [-0.15, -0.1) is 0 Å². The predicted octanol–water partition coefficient (Wildman–Crippen LogP) is 4.55. The summed E-state index contributed by atoms with van der Waals surface area (Å²) >= 11 is 0. The van der Waals surface area contributed by atoms with Gasteiger partial charge in [-0.2, -0.15) is 4.98 Å². The number of phenols is 1. The zero-order valence-corrected chi connectivity index (χ0v) is 20.8. The summed E-state index contributed by atoms with van der Waals surface area (Å²) in [6.45, 7) is 1.48. The third-order valence-electron chi connectivity index (χ3n) is 7.33. The Morgan fingerprint density at radius 3 is 2.74 bits per heavy atom. The van der Waals surface area contributed by atoms with Gasteiger partial charge in [0.1, 0.15) is 17.3 Å². The molecule has 1 amide bonds. The molecule has 0 spiro atoms. The Labute approximate surface area is 219 Å². The van der Waals surface area contributed by atoms with Gasteiger partial charge in [0.2, 0.25) is 11.9 Å². The van der Waals surface area contributed by atoms with Crippen LogP contribution in [-0.4, -0.2) is 59.5 Å². The van der Waals surface area contributed by atoms with Crippen LogP contribution in [0.3, 0.4) is 0 Å². The molecule has 1 unspecified atom stereocenters. The Hall–Kier alpha value is -4.53. The summed E-state index contributed by atoms with van der Waals surface area (Å²) in [5.74, 6) is 2.38. The van der Waals surface area contributed by atoms with E-state index in [1.165, 1.54) is 0 Å². The molecule has 7 rings (SSSR count). The van der Waals surface area contributed by atoms with Crippen LogP contribution in [0.1, 0.15) is 25.7 Å². The van der Waals surface area contributed by atoms with Gasteiger partial charge in [-0.3, -0.25) is 9.36 Å². The van der Waals surface area contributed by atoms with Gasteiger partial charge in [-0.25, -0.2) is 15.0 Å². The van der Waals surface area contributed by atoms with Crippen LogP contribution in [0.2, 0.25) is 0 Å². The second-order valence-electron chi connectivity index (χ2n) is 10.1. The minimum absolute atomic E-state index is 0.0897. The molecule has 2 fully saturated rings. The van der Waals surface area contributed by atoms with Crippen molar-refractivity contribution in [2.24, 2.45) is 5.92 Å². The van der Waals surface area contributed by atoms with E-state index in [1.54, 1.807) is 24.4 Å². The molecule has 190 valence electrons. The molecule has 38 heavy (non-hydrogen) atoms. The number of carbonyl (C=O) groups is 1. The first-order valence-corrected chi connectivity index (χ1v) is 13.1. The first-order valence-electron chi connectivity index (χ1n) is 13.1. The van der Waals surface area contributed by atoms with Crippen molar-refractivity contribution in [2.45, 2.75) is 31.7 Å². The maximum absolute atomic E-state index is 12.6. The van der Waals surface area contributed by atoms with E-state index < -0.39 is 0 Å². The maximum Gasteiger partial charge on any atom is 0.225 e. The van der Waals surface area contributed by atoms with Crippen LogP contribution in [0.5, 0.6) is 5.75 Å². The summed E-state index contributed by atoms with van der Waals surface area (Å²) in [5, 5.41) is 14.8. The van der Waals surface area contributed by atoms with Gasteiger partial charge in [0.25, 0.3) is 0 Å². The number of piperidine rings is 1. The van der Waals surface area contributed by atoms with Crippen LogP contribution in [0, 0.1) is 5.92 Å². The number of para-hydroxylation sites is 1. The highest BCUT2D eigenvalue weighted by Crippen LogP contribution is 2.33. The average Bonchev–Trinajstić information content (AvgIpc) is 3.73. The molecule has 0 bridgehead atoms. The second-order valence-corrected chi connectivity index (χ2v) is 10.1. The number of hydrogen-bond donors (Lipinski definition) is 2. The molecule has 9 nitrogen and oxygen atoms in total. The number of hydrogen-bond acceptors (Lipinski definition) is 7. The van der Waals surface area contributed by atoms with Crippen molar-refractivity contribution >= 4 is 33.8 Å². The summed E-state index contributed by atoms with van der Waals surface area (Å²) in [7, 11) is 0. The smallest absolute Gasteiger partial charge is 0.225 e. The molecular formula is C29H27N7O2. The second kappa shape index (κ2) is 9.09. The van der Waals surface area contributed by atoms with Crippen molar-refractivity contribution in [3.8, 4) is 23.1 Å². The molecule has 2 N–H and O–H groups in total. The van der Waals surface area contributed by atoms with E-state index in [2.05, 4.69) is 10.3 Å². The van der Waals surface area contributed by atoms with Gasteiger partial charge >= 0.3 is 0 Å². The summed E-state index contributed by atoms with van der Waals surface area (Å²) in [6.07, 6.45) is 5.66. The molecule has 1 saturated carbocycles. The number of pyridine rings is 1. The lowest BCUT2D eigenvalue weighted by molar-refractivity contribution is -0.133. The first-order chi connectivity index (χ1) is 18.6. The molecule has 3 aromatic heterocycles. The van der Waals surface area contributed by atoms with E-state index in [4.69, 9.17) is 15.0 Å². The zero-order valence-electron chi connectivity index (χ0n) is 20.8. The summed E-state index contributed by atoms with van der Waals surface area (Å²) in [4.78, 5) is 33.6. The molecule has 2 aromatic carbocycles. The minimum Gasteiger partial charge on any atom is -0.508 e. The first kappa shape index (κ1) is 22.7. The van der Waals surface area contributed by atoms with E-state index in [-0.39, 0.29) is 23.6 Å². The number of amides is 1. The molecular weight excluding hydrogens is 478 g/mol. The molecule has 4 heterocycles. The molecule has 0 radical (unpaired) electrons. The Kier molecular flexibility index (Phi) is 5.42. The molecule has 1 saturated heterocycles. The highest BCUT2D eigenvalue weighted by atomic mass is 16.3. The number of anilines is 1. The number of nitrogens with zero attached hydrogens (tertiary/aromatic N) is 6. The number of rotatable bonds is 5. The van der Waals surface area contributed by atoms with Crippen LogP contribution in [-0.2, 0) is 4.79 Å². The summed E-state index contributed by atoms with van der Waals surface area (Å²) < 4.78 is 1.91. The number of aromatic hydroxyl groups is 1. The minimum atomic E-state index is 0.0897. The lowest BCUT2D eigenvalue weighted by Crippen LogP contribution is -2.45. The lowest BCUT2D eigenvalue weighted by Gasteiger charge is -2.33. The van der Waals surface area contributed by atoms with Gasteiger partial charge in [0, 0.05) is 42.7 Å². The van der Waals surface area contributed by atoms with E-state index in [0.29, 0.717) is 29.8 Å². The fourth-order valence-corrected chi connectivity index (χ4v) is 5.27. The third kappa shape index (κ3) is 4.19. The fraction of sp³-hybridized carbons (Fsp3) is 0.276. The van der Waals surface area contributed by atoms with E-state index in [1.807, 2.05) is 51.9 Å². The highest BCUT2D eigenvalue weighted by molar-refractivity contribution is 5.86. The molecule has 5 aromatic rings. The van der Waals surface area contributed by atoms with Crippen molar-refractivity contribution < 1.29 is 9.90 Å². The monoisotopic (exact) mass is 505 g/mol. The van der Waals surface area contributed by atoms with Gasteiger partial charge in [-0.1, -0.05) is 24.3 Å². The number of carbonyl (C=O) groups excluding carboxylic acids is 1. The van der Waals surface area contributed by atoms with Gasteiger partial charge in [-0.05, 0) is 56.0 Å². The van der Waals surface area contributed by atoms with Crippen LogP contribution in [0.15, 0.2) is 66.9 Å². The zero-order chi connectivity index (χ0) is 25.6. The molecule has 1 atom stereocenters. The molecule has 2 aliphatic rings. The number of imidazole rings is 1. The maximum atomic E-state index is 12.6. The number of fused-ring (bicyclic) bond motifs is 2. The van der Waals surface area contributed by atoms with Crippen molar-refractivity contribution in [1.82, 2.24) is 29.4 Å².